The fourth-order valence-corrected chi connectivity index (χ4v) is 5.46. The van der Waals surface area contributed by atoms with Crippen LogP contribution in [0.2, 0.25) is 0 Å². The first-order valence-electron chi connectivity index (χ1n) is 13.7. The van der Waals surface area contributed by atoms with E-state index in [2.05, 4.69) is 29.2 Å². The van der Waals surface area contributed by atoms with Gasteiger partial charge in [-0.2, -0.15) is 0 Å². The van der Waals surface area contributed by atoms with E-state index < -0.39 is 5.82 Å². The van der Waals surface area contributed by atoms with Crippen LogP contribution in [-0.2, 0) is 11.2 Å². The molecule has 0 bridgehead atoms. The number of piperidine rings is 1. The Kier molecular flexibility index (Phi) is 8.41. The van der Waals surface area contributed by atoms with Gasteiger partial charge >= 0.3 is 0 Å². The Morgan fingerprint density at radius 1 is 1.03 bits per heavy atom. The number of halogens is 1. The number of aryl methyl sites for hydroxylation is 1. The molecule has 2 aliphatic rings. The fourth-order valence-electron chi connectivity index (χ4n) is 5.46. The number of aromatic nitrogens is 1. The Hall–Kier alpha value is -3.61. The highest BCUT2D eigenvalue weighted by Crippen LogP contribution is 2.34. The predicted octanol–water partition coefficient (Wildman–Crippen LogP) is 6.16. The van der Waals surface area contributed by atoms with Gasteiger partial charge in [0.25, 0.3) is 5.91 Å². The number of benzene rings is 2. The molecule has 1 aliphatic heterocycles. The predicted molar refractivity (Wildman–Crippen MR) is 144 cm³/mol. The van der Waals surface area contributed by atoms with Crippen molar-refractivity contribution in [3.8, 4) is 28.5 Å². The molecular formula is C31H35FN2O4. The zero-order valence-electron chi connectivity index (χ0n) is 21.7. The van der Waals surface area contributed by atoms with Crippen molar-refractivity contribution in [1.82, 2.24) is 9.88 Å². The van der Waals surface area contributed by atoms with E-state index in [1.54, 1.807) is 18.3 Å². The summed E-state index contributed by atoms with van der Waals surface area (Å²) in [4.78, 5) is 19.0. The van der Waals surface area contributed by atoms with Crippen molar-refractivity contribution in [2.45, 2.75) is 57.5 Å². The maximum atomic E-state index is 13.4. The van der Waals surface area contributed by atoms with Crippen LogP contribution in [0.5, 0.6) is 17.2 Å². The van der Waals surface area contributed by atoms with Crippen LogP contribution in [0.25, 0.3) is 11.3 Å². The van der Waals surface area contributed by atoms with Crippen LogP contribution in [-0.4, -0.2) is 46.7 Å². The second kappa shape index (κ2) is 12.3. The number of likely N-dealkylation sites (tertiary alicyclic amines) is 1. The SMILES string of the molecule is O=C(COc1cccnc1-c1ccc(F)cc1O)N1CCC(CCc2cccc(OC3CCCC3)c2)CC1. The number of hydrogen-bond donors (Lipinski definition) is 1. The summed E-state index contributed by atoms with van der Waals surface area (Å²) < 4.78 is 25.4. The Balaban J connectivity index is 1.08. The maximum absolute atomic E-state index is 13.4. The molecule has 1 aromatic heterocycles. The molecular weight excluding hydrogens is 483 g/mol. The highest BCUT2D eigenvalue weighted by molar-refractivity contribution is 5.78. The zero-order valence-corrected chi connectivity index (χ0v) is 21.7. The van der Waals surface area contributed by atoms with E-state index >= 15 is 0 Å². The number of aromatic hydroxyl groups is 1. The number of carbonyl (C=O) groups is 1. The molecule has 1 N–H and O–H groups in total. The molecule has 2 aromatic carbocycles. The van der Waals surface area contributed by atoms with Crippen molar-refractivity contribution in [3.05, 3.63) is 72.2 Å². The van der Waals surface area contributed by atoms with Gasteiger partial charge in [0.05, 0.1) is 6.10 Å². The molecule has 3 aromatic rings. The Morgan fingerprint density at radius 2 is 1.84 bits per heavy atom. The van der Waals surface area contributed by atoms with E-state index in [0.29, 0.717) is 29.0 Å². The number of nitrogens with zero attached hydrogens (tertiary/aromatic N) is 2. The number of ether oxygens (including phenoxy) is 2. The highest BCUT2D eigenvalue weighted by Gasteiger charge is 2.24. The second-order valence-corrected chi connectivity index (χ2v) is 10.3. The van der Waals surface area contributed by atoms with E-state index in [-0.39, 0.29) is 18.3 Å². The van der Waals surface area contributed by atoms with Gasteiger partial charge in [-0.1, -0.05) is 12.1 Å². The lowest BCUT2D eigenvalue weighted by molar-refractivity contribution is -0.134. The van der Waals surface area contributed by atoms with E-state index in [9.17, 15) is 14.3 Å². The van der Waals surface area contributed by atoms with Gasteiger partial charge in [-0.3, -0.25) is 9.78 Å². The summed E-state index contributed by atoms with van der Waals surface area (Å²) >= 11 is 0. The average molecular weight is 519 g/mol. The van der Waals surface area contributed by atoms with Gasteiger partial charge < -0.3 is 19.5 Å². The molecule has 0 spiro atoms. The summed E-state index contributed by atoms with van der Waals surface area (Å²) in [5.41, 5.74) is 2.03. The van der Waals surface area contributed by atoms with Gasteiger partial charge in [0.1, 0.15) is 28.8 Å². The Morgan fingerprint density at radius 3 is 2.63 bits per heavy atom. The minimum atomic E-state index is -0.537. The number of rotatable bonds is 9. The smallest absolute Gasteiger partial charge is 0.260 e. The van der Waals surface area contributed by atoms with Crippen molar-refractivity contribution in [3.63, 3.8) is 0 Å². The maximum Gasteiger partial charge on any atom is 0.260 e. The third kappa shape index (κ3) is 6.63. The zero-order chi connectivity index (χ0) is 26.3. The molecule has 7 heteroatoms. The molecule has 0 radical (unpaired) electrons. The lowest BCUT2D eigenvalue weighted by Gasteiger charge is -2.32. The molecule has 6 nitrogen and oxygen atoms in total. The highest BCUT2D eigenvalue weighted by atomic mass is 19.1. The molecule has 1 aliphatic carbocycles. The molecule has 1 amide bonds. The van der Waals surface area contributed by atoms with Crippen molar-refractivity contribution in [2.24, 2.45) is 5.92 Å². The third-order valence-corrected chi connectivity index (χ3v) is 7.65. The molecule has 38 heavy (non-hydrogen) atoms. The first-order chi connectivity index (χ1) is 18.5. The fraction of sp³-hybridized carbons (Fsp3) is 0.419. The van der Waals surface area contributed by atoms with Crippen LogP contribution in [0.3, 0.4) is 0 Å². The summed E-state index contributed by atoms with van der Waals surface area (Å²) in [6, 6.07) is 15.6. The number of phenolic OH excluding ortho intramolecular Hbond substituents is 1. The third-order valence-electron chi connectivity index (χ3n) is 7.65. The van der Waals surface area contributed by atoms with Crippen LogP contribution in [0.4, 0.5) is 4.39 Å². The Labute approximate surface area is 223 Å². The Bertz CT molecular complexity index is 1240. The minimum absolute atomic E-state index is 0.0710. The van der Waals surface area contributed by atoms with Crippen LogP contribution >= 0.6 is 0 Å². The van der Waals surface area contributed by atoms with Gasteiger partial charge in [-0.25, -0.2) is 4.39 Å². The molecule has 1 saturated carbocycles. The summed E-state index contributed by atoms with van der Waals surface area (Å²) in [6.45, 7) is 1.33. The second-order valence-electron chi connectivity index (χ2n) is 10.3. The number of amides is 1. The lowest BCUT2D eigenvalue weighted by atomic mass is 9.90. The topological polar surface area (TPSA) is 71.9 Å². The van der Waals surface area contributed by atoms with Crippen LogP contribution < -0.4 is 9.47 Å². The summed E-state index contributed by atoms with van der Waals surface area (Å²) in [5.74, 6) is 1.11. The van der Waals surface area contributed by atoms with Gasteiger partial charge in [-0.05, 0) is 99.2 Å². The number of hydrogen-bond acceptors (Lipinski definition) is 5. The largest absolute Gasteiger partial charge is 0.507 e. The number of pyridine rings is 1. The lowest BCUT2D eigenvalue weighted by Crippen LogP contribution is -2.41. The molecule has 2 heterocycles. The minimum Gasteiger partial charge on any atom is -0.507 e. The molecule has 5 rings (SSSR count). The summed E-state index contributed by atoms with van der Waals surface area (Å²) in [5, 5.41) is 10.1. The van der Waals surface area contributed by atoms with Crippen molar-refractivity contribution >= 4 is 5.91 Å². The van der Waals surface area contributed by atoms with E-state index in [1.165, 1.54) is 30.5 Å². The summed E-state index contributed by atoms with van der Waals surface area (Å²) in [6.07, 6.45) is 10.9. The van der Waals surface area contributed by atoms with Crippen molar-refractivity contribution < 1.29 is 23.8 Å². The standard InChI is InChI=1S/C31H35FN2O4/c32-24-12-13-27(28(35)20-24)31-29(9-4-16-33-31)37-21-30(36)34-17-14-22(15-18-34)10-11-23-5-3-8-26(19-23)38-25-6-1-2-7-25/h3-5,8-9,12-13,16,19-20,22,25,35H,1-2,6-7,10-11,14-15,17-18,21H2. The van der Waals surface area contributed by atoms with E-state index in [4.69, 9.17) is 9.47 Å². The van der Waals surface area contributed by atoms with Gasteiger partial charge in [0, 0.05) is 30.9 Å². The van der Waals surface area contributed by atoms with Crippen molar-refractivity contribution in [1.29, 1.82) is 0 Å². The molecule has 0 atom stereocenters. The average Bonchev–Trinajstić information content (AvgIpc) is 3.44. The summed E-state index contributed by atoms with van der Waals surface area (Å²) in [7, 11) is 0. The van der Waals surface area contributed by atoms with Crippen molar-refractivity contribution in [2.75, 3.05) is 19.7 Å². The van der Waals surface area contributed by atoms with Gasteiger partial charge in [-0.15, -0.1) is 0 Å². The van der Waals surface area contributed by atoms with Crippen LogP contribution in [0.15, 0.2) is 60.8 Å². The van der Waals surface area contributed by atoms with Crippen LogP contribution in [0.1, 0.15) is 50.5 Å². The van der Waals surface area contributed by atoms with Crippen LogP contribution in [0, 0.1) is 11.7 Å². The molecule has 2 fully saturated rings. The molecule has 1 saturated heterocycles. The first kappa shape index (κ1) is 26.0. The molecule has 0 unspecified atom stereocenters. The number of phenols is 1. The van der Waals surface area contributed by atoms with E-state index in [1.807, 2.05) is 4.90 Å². The molecule has 200 valence electrons. The number of carbonyl (C=O) groups excluding carboxylic acids is 1. The first-order valence-corrected chi connectivity index (χ1v) is 13.7. The van der Waals surface area contributed by atoms with E-state index in [0.717, 1.165) is 63.4 Å². The van der Waals surface area contributed by atoms with Gasteiger partial charge in [0.15, 0.2) is 6.61 Å². The monoisotopic (exact) mass is 518 g/mol. The normalized spacial score (nSPS) is 16.5. The quantitative estimate of drug-likeness (QED) is 0.367. The van der Waals surface area contributed by atoms with Gasteiger partial charge in [0.2, 0.25) is 0 Å².